The molecule has 24 heavy (non-hydrogen) atoms. The van der Waals surface area contributed by atoms with Crippen molar-refractivity contribution in [3.63, 3.8) is 0 Å². The zero-order chi connectivity index (χ0) is 17.9. The highest BCUT2D eigenvalue weighted by molar-refractivity contribution is 7.13. The molecule has 0 bridgehead atoms. The Labute approximate surface area is 145 Å². The molecule has 0 aliphatic carbocycles. The first kappa shape index (κ1) is 18.6. The first-order chi connectivity index (χ1) is 11.2. The first-order valence-corrected chi connectivity index (χ1v) is 8.15. The van der Waals surface area contributed by atoms with E-state index in [9.17, 15) is 18.0 Å². The van der Waals surface area contributed by atoms with Crippen molar-refractivity contribution in [3.05, 3.63) is 38.9 Å². The SMILES string of the molecule is CCN[C@H](C)c1ncc(C(=O)Nc2cc(C(F)(F)F)c(Cl)cn2)s1. The molecule has 0 fully saturated rings. The summed E-state index contributed by atoms with van der Waals surface area (Å²) in [6.07, 6.45) is -2.40. The van der Waals surface area contributed by atoms with Crippen LogP contribution in [-0.4, -0.2) is 22.4 Å². The van der Waals surface area contributed by atoms with Crippen LogP contribution in [0.3, 0.4) is 0 Å². The topological polar surface area (TPSA) is 66.9 Å². The summed E-state index contributed by atoms with van der Waals surface area (Å²) >= 11 is 6.65. The molecule has 0 radical (unpaired) electrons. The fourth-order valence-electron chi connectivity index (χ4n) is 1.89. The van der Waals surface area contributed by atoms with E-state index in [1.807, 2.05) is 13.8 Å². The zero-order valence-corrected chi connectivity index (χ0v) is 14.3. The lowest BCUT2D eigenvalue weighted by molar-refractivity contribution is -0.137. The Morgan fingerprint density at radius 3 is 2.71 bits per heavy atom. The molecule has 1 atom stereocenters. The molecular formula is C14H14ClF3N4OS. The van der Waals surface area contributed by atoms with Gasteiger partial charge in [0.15, 0.2) is 0 Å². The number of aromatic nitrogens is 2. The van der Waals surface area contributed by atoms with E-state index in [1.165, 1.54) is 6.20 Å². The number of carbonyl (C=O) groups is 1. The van der Waals surface area contributed by atoms with Gasteiger partial charge in [0.2, 0.25) is 0 Å². The minimum atomic E-state index is -4.63. The normalized spacial score (nSPS) is 12.9. The molecule has 2 rings (SSSR count). The van der Waals surface area contributed by atoms with Crippen molar-refractivity contribution in [1.29, 1.82) is 0 Å². The van der Waals surface area contributed by atoms with Crippen molar-refractivity contribution in [3.8, 4) is 0 Å². The summed E-state index contributed by atoms with van der Waals surface area (Å²) in [6, 6.07) is 0.677. The van der Waals surface area contributed by atoms with Crippen LogP contribution in [0.2, 0.25) is 5.02 Å². The molecule has 0 aliphatic rings. The molecule has 0 aliphatic heterocycles. The van der Waals surface area contributed by atoms with Crippen LogP contribution in [-0.2, 0) is 6.18 Å². The van der Waals surface area contributed by atoms with Gasteiger partial charge in [0.05, 0.1) is 22.8 Å². The summed E-state index contributed by atoms with van der Waals surface area (Å²) in [5, 5.41) is 5.66. The maximum absolute atomic E-state index is 12.8. The molecule has 0 aromatic carbocycles. The smallest absolute Gasteiger partial charge is 0.308 e. The van der Waals surface area contributed by atoms with Crippen LogP contribution in [0.25, 0.3) is 0 Å². The Bertz CT molecular complexity index is 735. The maximum Gasteiger partial charge on any atom is 0.418 e. The van der Waals surface area contributed by atoms with Crippen molar-refractivity contribution >= 4 is 34.7 Å². The van der Waals surface area contributed by atoms with Crippen molar-refractivity contribution in [2.45, 2.75) is 26.1 Å². The Morgan fingerprint density at radius 1 is 1.38 bits per heavy atom. The summed E-state index contributed by atoms with van der Waals surface area (Å²) in [7, 11) is 0. The molecule has 0 unspecified atom stereocenters. The summed E-state index contributed by atoms with van der Waals surface area (Å²) < 4.78 is 38.4. The predicted molar refractivity (Wildman–Crippen MR) is 86.4 cm³/mol. The van der Waals surface area contributed by atoms with E-state index in [0.717, 1.165) is 24.1 Å². The van der Waals surface area contributed by atoms with E-state index in [1.54, 1.807) is 0 Å². The van der Waals surface area contributed by atoms with E-state index in [-0.39, 0.29) is 16.7 Å². The number of hydrogen-bond acceptors (Lipinski definition) is 5. The number of thiazole rings is 1. The predicted octanol–water partition coefficient (Wildman–Crippen LogP) is 4.13. The molecule has 0 spiro atoms. The van der Waals surface area contributed by atoms with Gasteiger partial charge in [-0.05, 0) is 19.5 Å². The number of nitrogens with one attached hydrogen (secondary N) is 2. The second kappa shape index (κ2) is 7.45. The van der Waals surface area contributed by atoms with E-state index in [0.29, 0.717) is 11.1 Å². The van der Waals surface area contributed by atoms with Gasteiger partial charge in [-0.2, -0.15) is 13.2 Å². The zero-order valence-electron chi connectivity index (χ0n) is 12.7. The number of halogens is 4. The van der Waals surface area contributed by atoms with Crippen LogP contribution in [0.15, 0.2) is 18.5 Å². The summed E-state index contributed by atoms with van der Waals surface area (Å²) in [4.78, 5) is 20.3. The standard InChI is InChI=1S/C14H14ClF3N4OS/c1-3-19-7(2)13-21-6-10(24-13)12(23)22-11-4-8(14(16,17)18)9(15)5-20-11/h4-7,19H,3H2,1-2H3,(H,20,22,23)/t7-/m1/s1. The number of anilines is 1. The van der Waals surface area contributed by atoms with Gasteiger partial charge in [-0.15, -0.1) is 11.3 Å². The summed E-state index contributed by atoms with van der Waals surface area (Å²) in [6.45, 7) is 4.60. The molecule has 10 heteroatoms. The Kier molecular flexibility index (Phi) is 5.79. The second-order valence-electron chi connectivity index (χ2n) is 4.84. The molecule has 5 nitrogen and oxygen atoms in total. The molecule has 1 amide bonds. The monoisotopic (exact) mass is 378 g/mol. The van der Waals surface area contributed by atoms with Crippen LogP contribution in [0.5, 0.6) is 0 Å². The fraction of sp³-hybridized carbons (Fsp3) is 0.357. The highest BCUT2D eigenvalue weighted by atomic mass is 35.5. The van der Waals surface area contributed by atoms with E-state index >= 15 is 0 Å². The second-order valence-corrected chi connectivity index (χ2v) is 6.31. The molecule has 2 aromatic rings. The van der Waals surface area contributed by atoms with Gasteiger partial charge >= 0.3 is 6.18 Å². The van der Waals surface area contributed by atoms with E-state index in [2.05, 4.69) is 20.6 Å². The molecule has 130 valence electrons. The maximum atomic E-state index is 12.8. The van der Waals surface area contributed by atoms with Gasteiger partial charge in [-0.25, -0.2) is 9.97 Å². The number of nitrogens with zero attached hydrogens (tertiary/aromatic N) is 2. The largest absolute Gasteiger partial charge is 0.418 e. The average molecular weight is 379 g/mol. The highest BCUT2D eigenvalue weighted by Crippen LogP contribution is 2.35. The number of hydrogen-bond donors (Lipinski definition) is 2. The lowest BCUT2D eigenvalue weighted by Crippen LogP contribution is -2.17. The third-order valence-electron chi connectivity index (χ3n) is 3.03. The van der Waals surface area contributed by atoms with Gasteiger partial charge in [-0.1, -0.05) is 18.5 Å². The van der Waals surface area contributed by atoms with E-state index < -0.39 is 22.7 Å². The van der Waals surface area contributed by atoms with Crippen molar-refractivity contribution in [2.75, 3.05) is 11.9 Å². The Morgan fingerprint density at radius 2 is 2.08 bits per heavy atom. The number of carbonyl (C=O) groups excluding carboxylic acids is 1. The van der Waals surface area contributed by atoms with Crippen LogP contribution in [0.1, 0.15) is 40.1 Å². The van der Waals surface area contributed by atoms with Gasteiger partial charge in [-0.3, -0.25) is 4.79 Å². The number of amides is 1. The highest BCUT2D eigenvalue weighted by Gasteiger charge is 2.34. The van der Waals surface area contributed by atoms with Crippen LogP contribution >= 0.6 is 22.9 Å². The first-order valence-electron chi connectivity index (χ1n) is 6.95. The molecular weight excluding hydrogens is 365 g/mol. The molecule has 2 heterocycles. The van der Waals surface area contributed by atoms with Crippen LogP contribution in [0.4, 0.5) is 19.0 Å². The molecule has 0 saturated carbocycles. The number of pyridine rings is 1. The van der Waals surface area contributed by atoms with Crippen molar-refractivity contribution in [1.82, 2.24) is 15.3 Å². The Balaban J connectivity index is 2.16. The molecule has 2 N–H and O–H groups in total. The number of rotatable bonds is 5. The lowest BCUT2D eigenvalue weighted by Gasteiger charge is -2.10. The summed E-state index contributed by atoms with van der Waals surface area (Å²) in [5.41, 5.74) is -1.06. The average Bonchev–Trinajstić information content (AvgIpc) is 2.98. The van der Waals surface area contributed by atoms with Gasteiger partial charge in [0.1, 0.15) is 15.7 Å². The van der Waals surface area contributed by atoms with Crippen LogP contribution < -0.4 is 10.6 Å². The fourth-order valence-corrected chi connectivity index (χ4v) is 2.94. The van der Waals surface area contributed by atoms with Gasteiger partial charge in [0.25, 0.3) is 5.91 Å². The number of alkyl halides is 3. The van der Waals surface area contributed by atoms with Crippen molar-refractivity contribution < 1.29 is 18.0 Å². The minimum Gasteiger partial charge on any atom is -0.308 e. The van der Waals surface area contributed by atoms with Crippen LogP contribution in [0, 0.1) is 0 Å². The quantitative estimate of drug-likeness (QED) is 0.820. The van der Waals surface area contributed by atoms with Gasteiger partial charge < -0.3 is 10.6 Å². The van der Waals surface area contributed by atoms with Crippen molar-refractivity contribution in [2.24, 2.45) is 0 Å². The Hall–Kier alpha value is -1.71. The summed E-state index contributed by atoms with van der Waals surface area (Å²) in [5.74, 6) is -0.809. The minimum absolute atomic E-state index is 0.0213. The van der Waals surface area contributed by atoms with E-state index in [4.69, 9.17) is 11.6 Å². The molecule has 2 aromatic heterocycles. The third-order valence-corrected chi connectivity index (χ3v) is 4.51. The third kappa shape index (κ3) is 4.43. The van der Waals surface area contributed by atoms with Gasteiger partial charge in [0, 0.05) is 6.20 Å². The lowest BCUT2D eigenvalue weighted by atomic mass is 10.2. The molecule has 0 saturated heterocycles.